The van der Waals surface area contributed by atoms with Gasteiger partial charge in [-0.05, 0) is 59.7 Å². The van der Waals surface area contributed by atoms with Gasteiger partial charge in [0, 0.05) is 0 Å². The van der Waals surface area contributed by atoms with Gasteiger partial charge in [-0.25, -0.2) is 0 Å². The molecule has 1 aromatic rings. The topological polar surface area (TPSA) is 26.3 Å². The van der Waals surface area contributed by atoms with Crippen LogP contribution >= 0.6 is 27.3 Å². The number of hydrogen-bond acceptors (Lipinski definition) is 3. The SMILES string of the molecule is CC1CCC(OCC(=O)c2ccc(Br)s2)CC1. The van der Waals surface area contributed by atoms with Crippen molar-refractivity contribution in [3.8, 4) is 0 Å². The monoisotopic (exact) mass is 316 g/mol. The maximum atomic E-state index is 11.8. The van der Waals surface area contributed by atoms with Gasteiger partial charge in [0.15, 0.2) is 5.78 Å². The fourth-order valence-corrected chi connectivity index (χ4v) is 3.44. The van der Waals surface area contributed by atoms with Crippen molar-refractivity contribution >= 4 is 33.0 Å². The zero-order valence-corrected chi connectivity index (χ0v) is 12.4. The van der Waals surface area contributed by atoms with E-state index in [9.17, 15) is 4.79 Å². The fraction of sp³-hybridized carbons (Fsp3) is 0.615. The molecular formula is C13H17BrO2S. The van der Waals surface area contributed by atoms with Gasteiger partial charge in [-0.1, -0.05) is 6.92 Å². The van der Waals surface area contributed by atoms with Gasteiger partial charge in [-0.15, -0.1) is 11.3 Å². The largest absolute Gasteiger partial charge is 0.370 e. The summed E-state index contributed by atoms with van der Waals surface area (Å²) >= 11 is 4.83. The molecule has 0 amide bonds. The van der Waals surface area contributed by atoms with Crippen molar-refractivity contribution in [2.75, 3.05) is 6.61 Å². The number of Topliss-reactive ketones (excluding diaryl/α,β-unsaturated/α-hetero) is 1. The number of halogens is 1. The maximum Gasteiger partial charge on any atom is 0.198 e. The first-order valence-corrected chi connectivity index (χ1v) is 7.66. The predicted molar refractivity (Wildman–Crippen MR) is 73.7 cm³/mol. The Morgan fingerprint density at radius 3 is 2.71 bits per heavy atom. The van der Waals surface area contributed by atoms with Crippen LogP contribution in [0.3, 0.4) is 0 Å². The molecule has 0 aliphatic heterocycles. The van der Waals surface area contributed by atoms with Crippen molar-refractivity contribution in [3.05, 3.63) is 20.8 Å². The summed E-state index contributed by atoms with van der Waals surface area (Å²) in [6.07, 6.45) is 4.94. The summed E-state index contributed by atoms with van der Waals surface area (Å²) in [7, 11) is 0. The van der Waals surface area contributed by atoms with E-state index in [2.05, 4.69) is 22.9 Å². The predicted octanol–water partition coefficient (Wildman–Crippen LogP) is 4.29. The van der Waals surface area contributed by atoms with Gasteiger partial charge in [0.2, 0.25) is 0 Å². The Morgan fingerprint density at radius 1 is 1.41 bits per heavy atom. The van der Waals surface area contributed by atoms with Crippen LogP contribution in [0.2, 0.25) is 0 Å². The van der Waals surface area contributed by atoms with E-state index in [4.69, 9.17) is 4.74 Å². The maximum absolute atomic E-state index is 11.8. The first-order valence-electron chi connectivity index (χ1n) is 6.05. The van der Waals surface area contributed by atoms with E-state index in [0.717, 1.165) is 27.4 Å². The highest BCUT2D eigenvalue weighted by Gasteiger charge is 2.20. The second kappa shape index (κ2) is 6.12. The third-order valence-electron chi connectivity index (χ3n) is 3.26. The first-order chi connectivity index (χ1) is 8.15. The van der Waals surface area contributed by atoms with Crippen LogP contribution < -0.4 is 0 Å². The molecule has 1 aliphatic carbocycles. The summed E-state index contributed by atoms with van der Waals surface area (Å²) in [5.41, 5.74) is 0. The fourth-order valence-electron chi connectivity index (χ4n) is 2.12. The van der Waals surface area contributed by atoms with E-state index in [0.29, 0.717) is 6.10 Å². The molecule has 0 N–H and O–H groups in total. The van der Waals surface area contributed by atoms with Crippen LogP contribution in [0.5, 0.6) is 0 Å². The Kier molecular flexibility index (Phi) is 4.77. The zero-order valence-electron chi connectivity index (χ0n) is 9.95. The van der Waals surface area contributed by atoms with Gasteiger partial charge in [0.05, 0.1) is 14.8 Å². The smallest absolute Gasteiger partial charge is 0.198 e. The molecule has 2 rings (SSSR count). The molecule has 0 bridgehead atoms. The number of ketones is 1. The van der Waals surface area contributed by atoms with Crippen LogP contribution in [0.15, 0.2) is 15.9 Å². The molecule has 4 heteroatoms. The van der Waals surface area contributed by atoms with Crippen LogP contribution in [0.25, 0.3) is 0 Å². The molecular weight excluding hydrogens is 300 g/mol. The van der Waals surface area contributed by atoms with Crippen molar-refractivity contribution < 1.29 is 9.53 Å². The van der Waals surface area contributed by atoms with Crippen LogP contribution in [-0.2, 0) is 4.74 Å². The molecule has 0 aromatic carbocycles. The summed E-state index contributed by atoms with van der Waals surface area (Å²) in [4.78, 5) is 12.6. The summed E-state index contributed by atoms with van der Waals surface area (Å²) in [6, 6.07) is 3.75. The van der Waals surface area contributed by atoms with E-state index in [-0.39, 0.29) is 12.4 Å². The third-order valence-corrected chi connectivity index (χ3v) is 4.93. The van der Waals surface area contributed by atoms with Gasteiger partial charge >= 0.3 is 0 Å². The van der Waals surface area contributed by atoms with Gasteiger partial charge in [0.25, 0.3) is 0 Å². The molecule has 1 fully saturated rings. The molecule has 0 radical (unpaired) electrons. The van der Waals surface area contributed by atoms with Crippen molar-refractivity contribution in [1.82, 2.24) is 0 Å². The number of hydrogen-bond donors (Lipinski definition) is 0. The molecule has 2 nitrogen and oxygen atoms in total. The number of ether oxygens (including phenoxy) is 1. The quantitative estimate of drug-likeness (QED) is 0.775. The van der Waals surface area contributed by atoms with Crippen LogP contribution in [0.1, 0.15) is 42.3 Å². The van der Waals surface area contributed by atoms with Crippen LogP contribution in [0, 0.1) is 5.92 Å². The molecule has 1 aliphatic rings. The summed E-state index contributed by atoms with van der Waals surface area (Å²) < 4.78 is 6.69. The van der Waals surface area contributed by atoms with E-state index in [1.807, 2.05) is 12.1 Å². The minimum Gasteiger partial charge on any atom is -0.370 e. The van der Waals surface area contributed by atoms with E-state index in [1.165, 1.54) is 24.2 Å². The zero-order chi connectivity index (χ0) is 12.3. The number of carbonyl (C=O) groups excluding carboxylic acids is 1. The average Bonchev–Trinajstić information content (AvgIpc) is 2.75. The molecule has 0 saturated heterocycles. The van der Waals surface area contributed by atoms with Crippen molar-refractivity contribution in [2.24, 2.45) is 5.92 Å². The molecule has 1 aromatic heterocycles. The highest BCUT2D eigenvalue weighted by molar-refractivity contribution is 9.11. The van der Waals surface area contributed by atoms with Gasteiger partial charge < -0.3 is 4.74 Å². The van der Waals surface area contributed by atoms with Crippen molar-refractivity contribution in [2.45, 2.75) is 38.7 Å². The highest BCUT2D eigenvalue weighted by atomic mass is 79.9. The molecule has 0 atom stereocenters. The Hall–Kier alpha value is -0.190. The lowest BCUT2D eigenvalue weighted by Crippen LogP contribution is -2.23. The normalized spacial score (nSPS) is 24.8. The summed E-state index contributed by atoms with van der Waals surface area (Å²) in [5, 5.41) is 0. The Labute approximate surface area is 114 Å². The van der Waals surface area contributed by atoms with Crippen LogP contribution in [0.4, 0.5) is 0 Å². The number of carbonyl (C=O) groups is 1. The molecule has 0 unspecified atom stereocenters. The minimum atomic E-state index is 0.0966. The second-order valence-corrected chi connectivity index (χ2v) is 7.18. The van der Waals surface area contributed by atoms with Crippen molar-refractivity contribution in [1.29, 1.82) is 0 Å². The molecule has 0 spiro atoms. The highest BCUT2D eigenvalue weighted by Crippen LogP contribution is 2.26. The lowest BCUT2D eigenvalue weighted by atomic mass is 9.89. The van der Waals surface area contributed by atoms with E-state index >= 15 is 0 Å². The van der Waals surface area contributed by atoms with Gasteiger partial charge in [-0.2, -0.15) is 0 Å². The van der Waals surface area contributed by atoms with E-state index in [1.54, 1.807) is 0 Å². The lowest BCUT2D eigenvalue weighted by Gasteiger charge is -2.25. The first kappa shape index (κ1) is 13.2. The second-order valence-electron chi connectivity index (χ2n) is 4.72. The third kappa shape index (κ3) is 3.90. The Morgan fingerprint density at radius 2 is 2.12 bits per heavy atom. The lowest BCUT2D eigenvalue weighted by molar-refractivity contribution is 0.0219. The van der Waals surface area contributed by atoms with Crippen molar-refractivity contribution in [3.63, 3.8) is 0 Å². The number of thiophene rings is 1. The molecule has 17 heavy (non-hydrogen) atoms. The summed E-state index contributed by atoms with van der Waals surface area (Å²) in [5.74, 6) is 0.915. The Bertz CT molecular complexity index is 381. The standard InChI is InChI=1S/C13H17BrO2S/c1-9-2-4-10(5-3-9)16-8-11(15)12-6-7-13(14)17-12/h6-7,9-10H,2-5,8H2,1H3. The average molecular weight is 317 g/mol. The van der Waals surface area contributed by atoms with Crippen LogP contribution in [-0.4, -0.2) is 18.5 Å². The van der Waals surface area contributed by atoms with Gasteiger partial charge in [-0.3, -0.25) is 4.79 Å². The molecule has 94 valence electrons. The minimum absolute atomic E-state index is 0.0966. The van der Waals surface area contributed by atoms with Gasteiger partial charge in [0.1, 0.15) is 6.61 Å². The van der Waals surface area contributed by atoms with E-state index < -0.39 is 0 Å². The Balaban J connectivity index is 1.76. The molecule has 1 saturated carbocycles. The number of rotatable bonds is 4. The summed E-state index contributed by atoms with van der Waals surface area (Å²) in [6.45, 7) is 2.51. The molecule has 1 heterocycles.